The molecular formula is C15H15ClFNO2S. The van der Waals surface area contributed by atoms with Crippen LogP contribution in [0.25, 0.3) is 0 Å². The molecule has 0 spiro atoms. The van der Waals surface area contributed by atoms with E-state index in [1.807, 2.05) is 5.38 Å². The fourth-order valence-corrected chi connectivity index (χ4v) is 2.92. The Morgan fingerprint density at radius 1 is 1.48 bits per heavy atom. The number of nitrogens with zero attached hydrogens (tertiary/aromatic N) is 1. The van der Waals surface area contributed by atoms with Gasteiger partial charge in [0.15, 0.2) is 0 Å². The molecular weight excluding hydrogens is 313 g/mol. The highest BCUT2D eigenvalue weighted by atomic mass is 35.5. The number of hydrogen-bond acceptors (Lipinski definition) is 4. The summed E-state index contributed by atoms with van der Waals surface area (Å²) in [7, 11) is 0. The molecule has 2 aromatic rings. The van der Waals surface area contributed by atoms with Crippen molar-refractivity contribution in [1.82, 2.24) is 4.98 Å². The molecule has 0 unspecified atom stereocenters. The number of benzene rings is 1. The van der Waals surface area contributed by atoms with Crippen molar-refractivity contribution in [1.29, 1.82) is 0 Å². The quantitative estimate of drug-likeness (QED) is 0.752. The van der Waals surface area contributed by atoms with E-state index in [1.54, 1.807) is 13.0 Å². The third kappa shape index (κ3) is 4.79. The fourth-order valence-electron chi connectivity index (χ4n) is 1.84. The molecule has 0 fully saturated rings. The number of esters is 1. The van der Waals surface area contributed by atoms with Gasteiger partial charge in [-0.15, -0.1) is 11.3 Å². The van der Waals surface area contributed by atoms with Crippen LogP contribution in [0.2, 0.25) is 5.02 Å². The van der Waals surface area contributed by atoms with Crippen molar-refractivity contribution < 1.29 is 13.9 Å². The normalized spacial score (nSPS) is 10.6. The van der Waals surface area contributed by atoms with Crippen LogP contribution in [0.15, 0.2) is 23.6 Å². The molecule has 0 aliphatic carbocycles. The molecule has 3 nitrogen and oxygen atoms in total. The summed E-state index contributed by atoms with van der Waals surface area (Å²) in [5.41, 5.74) is 1.70. The van der Waals surface area contributed by atoms with Crippen LogP contribution in [0.4, 0.5) is 4.39 Å². The Morgan fingerprint density at radius 3 is 3.00 bits per heavy atom. The monoisotopic (exact) mass is 327 g/mol. The van der Waals surface area contributed by atoms with E-state index in [-0.39, 0.29) is 11.8 Å². The van der Waals surface area contributed by atoms with Gasteiger partial charge in [-0.2, -0.15) is 0 Å². The second kappa shape index (κ2) is 7.52. The molecule has 0 aliphatic rings. The topological polar surface area (TPSA) is 39.2 Å². The van der Waals surface area contributed by atoms with Crippen LogP contribution in [-0.4, -0.2) is 17.6 Å². The van der Waals surface area contributed by atoms with E-state index in [9.17, 15) is 9.18 Å². The summed E-state index contributed by atoms with van der Waals surface area (Å²) in [5.74, 6) is -0.563. The number of aromatic nitrogens is 1. The third-order valence-electron chi connectivity index (χ3n) is 2.85. The van der Waals surface area contributed by atoms with Gasteiger partial charge in [0, 0.05) is 23.2 Å². The minimum atomic E-state index is -0.349. The number of halogens is 2. The molecule has 0 radical (unpaired) electrons. The third-order valence-corrected chi connectivity index (χ3v) is 4.10. The second-order valence-electron chi connectivity index (χ2n) is 4.45. The summed E-state index contributed by atoms with van der Waals surface area (Å²) in [5, 5.41) is 3.21. The highest BCUT2D eigenvalue weighted by Gasteiger charge is 2.09. The first-order chi connectivity index (χ1) is 10.1. The molecule has 1 aromatic carbocycles. The maximum absolute atomic E-state index is 13.0. The summed E-state index contributed by atoms with van der Waals surface area (Å²) < 4.78 is 17.9. The van der Waals surface area contributed by atoms with E-state index >= 15 is 0 Å². The molecule has 0 saturated carbocycles. The lowest BCUT2D eigenvalue weighted by Gasteiger charge is -2.02. The summed E-state index contributed by atoms with van der Waals surface area (Å²) in [6.45, 7) is 2.18. The molecule has 112 valence electrons. The van der Waals surface area contributed by atoms with Crippen LogP contribution in [0.5, 0.6) is 0 Å². The van der Waals surface area contributed by atoms with Crippen LogP contribution < -0.4 is 0 Å². The lowest BCUT2D eigenvalue weighted by Crippen LogP contribution is -2.05. The zero-order valence-electron chi connectivity index (χ0n) is 11.6. The van der Waals surface area contributed by atoms with Gasteiger partial charge in [-0.3, -0.25) is 4.79 Å². The Kier molecular flexibility index (Phi) is 5.70. The number of thiazole rings is 1. The molecule has 6 heteroatoms. The number of carbonyl (C=O) groups is 1. The van der Waals surface area contributed by atoms with Crippen molar-refractivity contribution in [2.24, 2.45) is 0 Å². The standard InChI is InChI=1S/C15H15ClFNO2S/c1-2-20-15(19)6-5-12-9-21-14(18-12)7-10-3-4-11(17)8-13(10)16/h3-4,8-9H,2,5-7H2,1H3. The van der Waals surface area contributed by atoms with Crippen LogP contribution >= 0.6 is 22.9 Å². The molecule has 0 bridgehead atoms. The Balaban J connectivity index is 1.95. The zero-order chi connectivity index (χ0) is 15.2. The van der Waals surface area contributed by atoms with Gasteiger partial charge in [-0.1, -0.05) is 17.7 Å². The lowest BCUT2D eigenvalue weighted by molar-refractivity contribution is -0.143. The largest absolute Gasteiger partial charge is 0.466 e. The van der Waals surface area contributed by atoms with Crippen molar-refractivity contribution in [2.45, 2.75) is 26.2 Å². The summed E-state index contributed by atoms with van der Waals surface area (Å²) in [6, 6.07) is 4.35. The van der Waals surface area contributed by atoms with E-state index in [1.165, 1.54) is 23.5 Å². The van der Waals surface area contributed by atoms with Gasteiger partial charge in [-0.05, 0) is 24.6 Å². The average Bonchev–Trinajstić information content (AvgIpc) is 2.88. The van der Waals surface area contributed by atoms with Crippen molar-refractivity contribution in [3.05, 3.63) is 50.7 Å². The smallest absolute Gasteiger partial charge is 0.306 e. The van der Waals surface area contributed by atoms with Crippen molar-refractivity contribution in [3.63, 3.8) is 0 Å². The minimum Gasteiger partial charge on any atom is -0.466 e. The first kappa shape index (κ1) is 15.9. The van der Waals surface area contributed by atoms with E-state index in [0.717, 1.165) is 16.3 Å². The van der Waals surface area contributed by atoms with Gasteiger partial charge in [0.1, 0.15) is 5.82 Å². The van der Waals surface area contributed by atoms with Crippen LogP contribution in [0.1, 0.15) is 29.6 Å². The predicted octanol–water partition coefficient (Wildman–Crippen LogP) is 4.02. The number of carbonyl (C=O) groups excluding carboxylic acids is 1. The van der Waals surface area contributed by atoms with E-state index in [4.69, 9.17) is 16.3 Å². The van der Waals surface area contributed by atoms with Gasteiger partial charge in [0.25, 0.3) is 0 Å². The molecule has 21 heavy (non-hydrogen) atoms. The Hall–Kier alpha value is -1.46. The van der Waals surface area contributed by atoms with Crippen molar-refractivity contribution in [3.8, 4) is 0 Å². The number of hydrogen-bond donors (Lipinski definition) is 0. The fraction of sp³-hybridized carbons (Fsp3) is 0.333. The van der Waals surface area contributed by atoms with Gasteiger partial charge in [0.2, 0.25) is 0 Å². The molecule has 1 aromatic heterocycles. The molecule has 0 aliphatic heterocycles. The Morgan fingerprint density at radius 2 is 2.29 bits per heavy atom. The number of aryl methyl sites for hydroxylation is 1. The van der Waals surface area contributed by atoms with Crippen LogP contribution in [0, 0.1) is 5.82 Å². The highest BCUT2D eigenvalue weighted by molar-refractivity contribution is 7.09. The molecule has 0 atom stereocenters. The molecule has 0 saturated heterocycles. The highest BCUT2D eigenvalue weighted by Crippen LogP contribution is 2.22. The predicted molar refractivity (Wildman–Crippen MR) is 81.3 cm³/mol. The summed E-state index contributed by atoms with van der Waals surface area (Å²) >= 11 is 7.51. The summed E-state index contributed by atoms with van der Waals surface area (Å²) in [4.78, 5) is 15.8. The zero-order valence-corrected chi connectivity index (χ0v) is 13.1. The first-order valence-electron chi connectivity index (χ1n) is 6.61. The SMILES string of the molecule is CCOC(=O)CCc1csc(Cc2ccc(F)cc2Cl)n1. The molecule has 0 N–H and O–H groups in total. The van der Waals surface area contributed by atoms with Crippen molar-refractivity contribution >= 4 is 28.9 Å². The van der Waals surface area contributed by atoms with Gasteiger partial charge >= 0.3 is 5.97 Å². The Bertz CT molecular complexity index is 630. The van der Waals surface area contributed by atoms with E-state index < -0.39 is 0 Å². The van der Waals surface area contributed by atoms with Gasteiger partial charge in [-0.25, -0.2) is 9.37 Å². The summed E-state index contributed by atoms with van der Waals surface area (Å²) in [6.07, 6.45) is 1.45. The van der Waals surface area contributed by atoms with Gasteiger partial charge < -0.3 is 4.74 Å². The van der Waals surface area contributed by atoms with E-state index in [0.29, 0.717) is 30.9 Å². The van der Waals surface area contributed by atoms with Crippen LogP contribution in [0.3, 0.4) is 0 Å². The van der Waals surface area contributed by atoms with Crippen molar-refractivity contribution in [2.75, 3.05) is 6.61 Å². The Labute approximate surface area is 131 Å². The molecule has 1 heterocycles. The molecule has 2 rings (SSSR count). The average molecular weight is 328 g/mol. The first-order valence-corrected chi connectivity index (χ1v) is 7.87. The lowest BCUT2D eigenvalue weighted by atomic mass is 10.1. The number of rotatable bonds is 6. The van der Waals surface area contributed by atoms with Gasteiger partial charge in [0.05, 0.1) is 23.7 Å². The van der Waals surface area contributed by atoms with E-state index in [2.05, 4.69) is 4.98 Å². The maximum atomic E-state index is 13.0. The number of ether oxygens (including phenoxy) is 1. The molecule has 0 amide bonds. The van der Waals surface area contributed by atoms with Crippen LogP contribution in [-0.2, 0) is 22.4 Å². The maximum Gasteiger partial charge on any atom is 0.306 e. The second-order valence-corrected chi connectivity index (χ2v) is 5.80. The minimum absolute atomic E-state index is 0.214.